The average Bonchev–Trinajstić information content (AvgIpc) is 2.84. The fourth-order valence-electron chi connectivity index (χ4n) is 1.61. The minimum atomic E-state index is -3.74. The van der Waals surface area contributed by atoms with E-state index >= 15 is 0 Å². The first kappa shape index (κ1) is 15.8. The number of nitrogens with one attached hydrogen (secondary N) is 2. The minimum absolute atomic E-state index is 0.0339. The number of halogens is 1. The zero-order valence-corrected chi connectivity index (χ0v) is 13.5. The van der Waals surface area contributed by atoms with Gasteiger partial charge in [-0.3, -0.25) is 4.68 Å². The Morgan fingerprint density at radius 2 is 2.19 bits per heavy atom. The van der Waals surface area contributed by atoms with Crippen LogP contribution in [0.5, 0.6) is 0 Å². The van der Waals surface area contributed by atoms with Crippen molar-refractivity contribution < 1.29 is 8.42 Å². The number of pyridine rings is 1. The molecule has 0 radical (unpaired) electrons. The molecule has 21 heavy (non-hydrogen) atoms. The van der Waals surface area contributed by atoms with Gasteiger partial charge in [0.2, 0.25) is 10.0 Å². The number of nitrogen functional groups attached to an aromatic ring is 1. The molecule has 0 aliphatic carbocycles. The van der Waals surface area contributed by atoms with E-state index in [4.69, 9.17) is 5.84 Å². The summed E-state index contributed by atoms with van der Waals surface area (Å²) in [6.07, 6.45) is 3.39. The second kappa shape index (κ2) is 6.47. The van der Waals surface area contributed by atoms with Crippen molar-refractivity contribution in [2.75, 3.05) is 12.0 Å². The SMILES string of the molecule is Cn1cnc(CCNS(=O)(=O)c2cc(Br)cnc2NN)n1. The van der Waals surface area contributed by atoms with Crippen LogP contribution < -0.4 is 16.0 Å². The van der Waals surface area contributed by atoms with E-state index in [1.807, 2.05) is 0 Å². The summed E-state index contributed by atoms with van der Waals surface area (Å²) in [5, 5.41) is 4.07. The molecule has 114 valence electrons. The number of hydrogen-bond acceptors (Lipinski definition) is 7. The first-order valence-electron chi connectivity index (χ1n) is 5.89. The summed E-state index contributed by atoms with van der Waals surface area (Å²) >= 11 is 3.18. The van der Waals surface area contributed by atoms with Gasteiger partial charge in [0.05, 0.1) is 0 Å². The number of aromatic nitrogens is 4. The van der Waals surface area contributed by atoms with Crippen molar-refractivity contribution in [3.8, 4) is 0 Å². The Labute approximate surface area is 130 Å². The fraction of sp³-hybridized carbons (Fsp3) is 0.300. The lowest BCUT2D eigenvalue weighted by Gasteiger charge is -2.10. The fourth-order valence-corrected chi connectivity index (χ4v) is 3.26. The van der Waals surface area contributed by atoms with E-state index in [1.54, 1.807) is 18.1 Å². The van der Waals surface area contributed by atoms with Crippen molar-refractivity contribution in [2.45, 2.75) is 11.3 Å². The minimum Gasteiger partial charge on any atom is -0.307 e. The molecule has 0 atom stereocenters. The Bertz CT molecular complexity index is 731. The summed E-state index contributed by atoms with van der Waals surface area (Å²) in [4.78, 5) is 7.89. The Morgan fingerprint density at radius 3 is 2.81 bits per heavy atom. The molecule has 0 saturated heterocycles. The normalized spacial score (nSPS) is 11.6. The monoisotopic (exact) mass is 375 g/mol. The number of hydrogen-bond donors (Lipinski definition) is 3. The maximum atomic E-state index is 12.2. The number of nitrogens with two attached hydrogens (primary N) is 1. The number of nitrogens with zero attached hydrogens (tertiary/aromatic N) is 4. The first-order chi connectivity index (χ1) is 9.92. The van der Waals surface area contributed by atoms with Crippen molar-refractivity contribution in [2.24, 2.45) is 12.9 Å². The summed E-state index contributed by atoms with van der Waals surface area (Å²) in [6.45, 7) is 0.170. The highest BCUT2D eigenvalue weighted by Crippen LogP contribution is 2.21. The Hall–Kier alpha value is -1.56. The van der Waals surface area contributed by atoms with Gasteiger partial charge in [-0.05, 0) is 22.0 Å². The maximum Gasteiger partial charge on any atom is 0.244 e. The Balaban J connectivity index is 2.09. The number of anilines is 1. The van der Waals surface area contributed by atoms with Gasteiger partial charge in [-0.1, -0.05) is 0 Å². The molecule has 0 aliphatic heterocycles. The number of hydrazine groups is 1. The zero-order valence-electron chi connectivity index (χ0n) is 11.1. The molecule has 4 N–H and O–H groups in total. The largest absolute Gasteiger partial charge is 0.307 e. The van der Waals surface area contributed by atoms with Gasteiger partial charge in [0.1, 0.15) is 11.2 Å². The van der Waals surface area contributed by atoms with Crippen LogP contribution in [0.4, 0.5) is 5.82 Å². The molecule has 2 aromatic heterocycles. The first-order valence-corrected chi connectivity index (χ1v) is 8.16. The van der Waals surface area contributed by atoms with Crippen molar-refractivity contribution in [3.63, 3.8) is 0 Å². The number of sulfonamides is 1. The highest BCUT2D eigenvalue weighted by Gasteiger charge is 2.19. The number of rotatable bonds is 6. The summed E-state index contributed by atoms with van der Waals surface area (Å²) in [7, 11) is -1.99. The molecule has 11 heteroatoms. The summed E-state index contributed by atoms with van der Waals surface area (Å²) < 4.78 is 29.0. The van der Waals surface area contributed by atoms with E-state index in [-0.39, 0.29) is 17.3 Å². The van der Waals surface area contributed by atoms with Crippen LogP contribution in [0.3, 0.4) is 0 Å². The topological polar surface area (TPSA) is 128 Å². The predicted octanol–water partition coefficient (Wildman–Crippen LogP) is -0.221. The third kappa shape index (κ3) is 3.97. The van der Waals surface area contributed by atoms with Crippen molar-refractivity contribution in [1.29, 1.82) is 0 Å². The van der Waals surface area contributed by atoms with Crippen LogP contribution in [0.1, 0.15) is 5.82 Å². The standard InChI is InChI=1S/C10H14BrN7O2S/c1-18-6-14-9(17-18)2-3-15-21(19,20)8-4-7(11)5-13-10(8)16-12/h4-6,15H,2-3,12H2,1H3,(H,13,16). The third-order valence-corrected chi connectivity index (χ3v) is 4.44. The van der Waals surface area contributed by atoms with E-state index in [0.29, 0.717) is 16.7 Å². The van der Waals surface area contributed by atoms with Gasteiger partial charge in [0, 0.05) is 30.7 Å². The molecule has 0 unspecified atom stereocenters. The van der Waals surface area contributed by atoms with Gasteiger partial charge < -0.3 is 5.43 Å². The molecule has 0 fully saturated rings. The smallest absolute Gasteiger partial charge is 0.244 e. The van der Waals surface area contributed by atoms with E-state index in [0.717, 1.165) is 0 Å². The molecule has 0 spiro atoms. The quantitative estimate of drug-likeness (QED) is 0.470. The molecule has 2 rings (SSSR count). The van der Waals surface area contributed by atoms with Gasteiger partial charge in [0.15, 0.2) is 11.6 Å². The van der Waals surface area contributed by atoms with Crippen molar-refractivity contribution in [1.82, 2.24) is 24.5 Å². The van der Waals surface area contributed by atoms with Gasteiger partial charge in [-0.25, -0.2) is 29.0 Å². The summed E-state index contributed by atoms with van der Waals surface area (Å²) in [5.41, 5.74) is 2.26. The van der Waals surface area contributed by atoms with Crippen molar-refractivity contribution in [3.05, 3.63) is 28.9 Å². The van der Waals surface area contributed by atoms with Gasteiger partial charge in [-0.15, -0.1) is 0 Å². The summed E-state index contributed by atoms with van der Waals surface area (Å²) in [5.74, 6) is 5.91. The van der Waals surface area contributed by atoms with Crippen LogP contribution in [0.15, 0.2) is 28.0 Å². The number of aryl methyl sites for hydroxylation is 1. The van der Waals surface area contributed by atoms with E-state index in [1.165, 1.54) is 12.3 Å². The lowest BCUT2D eigenvalue weighted by molar-refractivity contribution is 0.580. The molecule has 0 saturated carbocycles. The van der Waals surface area contributed by atoms with Crippen LogP contribution in [-0.4, -0.2) is 34.7 Å². The predicted molar refractivity (Wildman–Crippen MR) is 79.6 cm³/mol. The van der Waals surface area contributed by atoms with E-state index in [2.05, 4.69) is 41.1 Å². The molecule has 0 aromatic carbocycles. The second-order valence-corrected chi connectivity index (χ2v) is 6.78. The highest BCUT2D eigenvalue weighted by molar-refractivity contribution is 9.10. The Kier molecular flexibility index (Phi) is 4.88. The van der Waals surface area contributed by atoms with Gasteiger partial charge >= 0.3 is 0 Å². The van der Waals surface area contributed by atoms with Gasteiger partial charge in [0.25, 0.3) is 0 Å². The maximum absolute atomic E-state index is 12.2. The van der Waals surface area contributed by atoms with Crippen LogP contribution >= 0.6 is 15.9 Å². The van der Waals surface area contributed by atoms with Crippen LogP contribution in [0.25, 0.3) is 0 Å². The Morgan fingerprint density at radius 1 is 1.43 bits per heavy atom. The van der Waals surface area contributed by atoms with Crippen LogP contribution in [0.2, 0.25) is 0 Å². The molecule has 0 bridgehead atoms. The lowest BCUT2D eigenvalue weighted by atomic mass is 10.4. The molecule has 2 heterocycles. The highest BCUT2D eigenvalue weighted by atomic mass is 79.9. The molecule has 9 nitrogen and oxygen atoms in total. The van der Waals surface area contributed by atoms with Crippen LogP contribution in [-0.2, 0) is 23.5 Å². The van der Waals surface area contributed by atoms with Crippen molar-refractivity contribution >= 4 is 31.8 Å². The lowest BCUT2D eigenvalue weighted by Crippen LogP contribution is -2.28. The average molecular weight is 376 g/mol. The third-order valence-electron chi connectivity index (χ3n) is 2.53. The summed E-state index contributed by atoms with van der Waals surface area (Å²) in [6, 6.07) is 1.42. The van der Waals surface area contributed by atoms with E-state index in [9.17, 15) is 8.42 Å². The van der Waals surface area contributed by atoms with E-state index < -0.39 is 10.0 Å². The molecule has 0 aliphatic rings. The van der Waals surface area contributed by atoms with Crippen LogP contribution in [0, 0.1) is 0 Å². The zero-order chi connectivity index (χ0) is 15.5. The van der Waals surface area contributed by atoms with Gasteiger partial charge in [-0.2, -0.15) is 5.10 Å². The molecular weight excluding hydrogens is 362 g/mol. The molecule has 0 amide bonds. The molecular formula is C10H14BrN7O2S. The second-order valence-electron chi connectivity index (χ2n) is 4.13. The molecule has 2 aromatic rings.